The van der Waals surface area contributed by atoms with Crippen LogP contribution in [0.1, 0.15) is 5.01 Å². The molecule has 2 rings (SSSR count). The lowest BCUT2D eigenvalue weighted by Gasteiger charge is -1.92. The van der Waals surface area contributed by atoms with E-state index < -0.39 is 0 Å². The molecule has 0 unspecified atom stereocenters. The second-order valence-corrected chi connectivity index (χ2v) is 3.09. The number of hydrogen-bond donors (Lipinski definition) is 1. The first-order chi connectivity index (χ1) is 4.97. The summed E-state index contributed by atoms with van der Waals surface area (Å²) in [6.45, 7) is 1.97. The Morgan fingerprint density at radius 1 is 1.60 bits per heavy atom. The van der Waals surface area contributed by atoms with Crippen LogP contribution in [0.25, 0.3) is 5.57 Å². The fourth-order valence-corrected chi connectivity index (χ4v) is 1.70. The summed E-state index contributed by atoms with van der Waals surface area (Å²) < 4.78 is 0. The molecule has 1 aliphatic rings. The van der Waals surface area contributed by atoms with Crippen molar-refractivity contribution in [2.24, 2.45) is 0 Å². The normalized spacial score (nSPS) is 17.4. The SMILES string of the molecule is C1=C(c2nccs2)CNC1. The molecule has 1 aromatic heterocycles. The summed E-state index contributed by atoms with van der Waals surface area (Å²) >= 11 is 1.70. The van der Waals surface area contributed by atoms with E-state index in [0.29, 0.717) is 0 Å². The predicted molar refractivity (Wildman–Crippen MR) is 43.0 cm³/mol. The fraction of sp³-hybridized carbons (Fsp3) is 0.286. The number of aromatic nitrogens is 1. The molecule has 0 amide bonds. The average Bonchev–Trinajstić information content (AvgIpc) is 2.59. The largest absolute Gasteiger partial charge is 0.309 e. The van der Waals surface area contributed by atoms with Gasteiger partial charge in [0.1, 0.15) is 5.01 Å². The minimum Gasteiger partial charge on any atom is -0.309 e. The van der Waals surface area contributed by atoms with Crippen LogP contribution in [0.3, 0.4) is 0 Å². The molecule has 2 nitrogen and oxygen atoms in total. The fourth-order valence-electron chi connectivity index (χ4n) is 1.02. The van der Waals surface area contributed by atoms with Crippen molar-refractivity contribution in [1.82, 2.24) is 10.3 Å². The third kappa shape index (κ3) is 0.978. The van der Waals surface area contributed by atoms with Crippen LogP contribution in [0.4, 0.5) is 0 Å². The summed E-state index contributed by atoms with van der Waals surface area (Å²) in [5, 5.41) is 6.40. The molecule has 1 aromatic rings. The molecule has 0 fully saturated rings. The lowest BCUT2D eigenvalue weighted by molar-refractivity contribution is 0.897. The molecule has 2 heterocycles. The molecule has 0 bridgehead atoms. The molecular weight excluding hydrogens is 144 g/mol. The van der Waals surface area contributed by atoms with Gasteiger partial charge in [0.2, 0.25) is 0 Å². The van der Waals surface area contributed by atoms with Gasteiger partial charge in [0.05, 0.1) is 0 Å². The first kappa shape index (κ1) is 6.07. The van der Waals surface area contributed by atoms with E-state index in [2.05, 4.69) is 16.4 Å². The van der Waals surface area contributed by atoms with Crippen LogP contribution >= 0.6 is 11.3 Å². The van der Waals surface area contributed by atoms with Gasteiger partial charge in [-0.2, -0.15) is 0 Å². The van der Waals surface area contributed by atoms with Crippen LogP contribution in [0.5, 0.6) is 0 Å². The zero-order chi connectivity index (χ0) is 6.81. The molecule has 0 atom stereocenters. The van der Waals surface area contributed by atoms with Gasteiger partial charge in [0.25, 0.3) is 0 Å². The molecule has 1 aliphatic heterocycles. The van der Waals surface area contributed by atoms with Gasteiger partial charge < -0.3 is 5.32 Å². The van der Waals surface area contributed by atoms with Crippen molar-refractivity contribution in [3.63, 3.8) is 0 Å². The number of nitrogens with zero attached hydrogens (tertiary/aromatic N) is 1. The zero-order valence-electron chi connectivity index (χ0n) is 5.50. The Kier molecular flexibility index (Phi) is 1.53. The molecule has 0 saturated heterocycles. The first-order valence-corrected chi connectivity index (χ1v) is 4.14. The Balaban J connectivity index is 2.28. The standard InChI is InChI=1S/C7H8N2S/c1-2-8-5-6(1)7-9-3-4-10-7/h1,3-4,8H,2,5H2. The van der Waals surface area contributed by atoms with E-state index in [1.165, 1.54) is 5.57 Å². The van der Waals surface area contributed by atoms with Gasteiger partial charge in [0, 0.05) is 24.7 Å². The van der Waals surface area contributed by atoms with E-state index in [4.69, 9.17) is 0 Å². The third-order valence-electron chi connectivity index (χ3n) is 1.52. The second kappa shape index (κ2) is 2.52. The van der Waals surface area contributed by atoms with Gasteiger partial charge in [-0.15, -0.1) is 11.3 Å². The van der Waals surface area contributed by atoms with Gasteiger partial charge in [-0.3, -0.25) is 0 Å². The highest BCUT2D eigenvalue weighted by Crippen LogP contribution is 2.17. The van der Waals surface area contributed by atoms with E-state index in [9.17, 15) is 0 Å². The van der Waals surface area contributed by atoms with Crippen molar-refractivity contribution in [1.29, 1.82) is 0 Å². The highest BCUT2D eigenvalue weighted by atomic mass is 32.1. The third-order valence-corrected chi connectivity index (χ3v) is 2.36. The smallest absolute Gasteiger partial charge is 0.120 e. The van der Waals surface area contributed by atoms with Crippen LogP contribution in [0.15, 0.2) is 17.7 Å². The number of rotatable bonds is 1. The summed E-state index contributed by atoms with van der Waals surface area (Å²) in [7, 11) is 0. The molecule has 0 saturated carbocycles. The summed E-state index contributed by atoms with van der Waals surface area (Å²) in [6, 6.07) is 0. The quantitative estimate of drug-likeness (QED) is 0.652. The van der Waals surface area contributed by atoms with Gasteiger partial charge in [0.15, 0.2) is 0 Å². The highest BCUT2D eigenvalue weighted by molar-refractivity contribution is 7.10. The summed E-state index contributed by atoms with van der Waals surface area (Å²) in [5.41, 5.74) is 1.34. The minimum atomic E-state index is 0.980. The van der Waals surface area contributed by atoms with Crippen LogP contribution in [0.2, 0.25) is 0 Å². The maximum absolute atomic E-state index is 4.21. The maximum atomic E-state index is 4.21. The van der Waals surface area contributed by atoms with E-state index in [0.717, 1.165) is 18.1 Å². The molecule has 0 spiro atoms. The second-order valence-electron chi connectivity index (χ2n) is 2.20. The van der Waals surface area contributed by atoms with Crippen molar-refractivity contribution >= 4 is 16.9 Å². The summed E-state index contributed by atoms with van der Waals surface area (Å²) in [4.78, 5) is 4.21. The topological polar surface area (TPSA) is 24.9 Å². The first-order valence-electron chi connectivity index (χ1n) is 3.26. The van der Waals surface area contributed by atoms with E-state index in [1.807, 2.05) is 11.6 Å². The van der Waals surface area contributed by atoms with Crippen LogP contribution in [-0.2, 0) is 0 Å². The molecule has 0 radical (unpaired) electrons. The molecule has 1 N–H and O–H groups in total. The zero-order valence-corrected chi connectivity index (χ0v) is 6.32. The maximum Gasteiger partial charge on any atom is 0.120 e. The lowest BCUT2D eigenvalue weighted by Crippen LogP contribution is -2.07. The van der Waals surface area contributed by atoms with E-state index in [1.54, 1.807) is 11.3 Å². The predicted octanol–water partition coefficient (Wildman–Crippen LogP) is 1.13. The average molecular weight is 152 g/mol. The summed E-state index contributed by atoms with van der Waals surface area (Å²) in [5.74, 6) is 0. The number of hydrogen-bond acceptors (Lipinski definition) is 3. The molecule has 0 aromatic carbocycles. The van der Waals surface area contributed by atoms with Crippen molar-refractivity contribution in [3.8, 4) is 0 Å². The number of nitrogens with one attached hydrogen (secondary N) is 1. The molecule has 3 heteroatoms. The number of thiazole rings is 1. The van der Waals surface area contributed by atoms with E-state index >= 15 is 0 Å². The lowest BCUT2D eigenvalue weighted by atomic mass is 10.3. The molecule has 10 heavy (non-hydrogen) atoms. The molecular formula is C7H8N2S. The van der Waals surface area contributed by atoms with Crippen molar-refractivity contribution in [3.05, 3.63) is 22.7 Å². The summed E-state index contributed by atoms with van der Waals surface area (Å²) in [6.07, 6.45) is 4.04. The Morgan fingerprint density at radius 3 is 3.20 bits per heavy atom. The van der Waals surface area contributed by atoms with Crippen LogP contribution in [-0.4, -0.2) is 18.1 Å². The van der Waals surface area contributed by atoms with E-state index in [-0.39, 0.29) is 0 Å². The van der Waals surface area contributed by atoms with Gasteiger partial charge >= 0.3 is 0 Å². The van der Waals surface area contributed by atoms with Gasteiger partial charge in [-0.1, -0.05) is 6.08 Å². The van der Waals surface area contributed by atoms with Crippen molar-refractivity contribution < 1.29 is 0 Å². The minimum absolute atomic E-state index is 0.980. The van der Waals surface area contributed by atoms with Gasteiger partial charge in [-0.05, 0) is 5.57 Å². The monoisotopic (exact) mass is 152 g/mol. The molecule has 0 aliphatic carbocycles. The Hall–Kier alpha value is -0.670. The Labute approximate surface area is 63.6 Å². The van der Waals surface area contributed by atoms with Crippen molar-refractivity contribution in [2.75, 3.05) is 13.1 Å². The Bertz CT molecular complexity index is 238. The highest BCUT2D eigenvalue weighted by Gasteiger charge is 2.07. The van der Waals surface area contributed by atoms with Gasteiger partial charge in [-0.25, -0.2) is 4.98 Å². The van der Waals surface area contributed by atoms with Crippen LogP contribution < -0.4 is 5.32 Å². The van der Waals surface area contributed by atoms with Crippen LogP contribution in [0, 0.1) is 0 Å². The van der Waals surface area contributed by atoms with Crippen molar-refractivity contribution in [2.45, 2.75) is 0 Å². The Morgan fingerprint density at radius 2 is 2.60 bits per heavy atom. The molecule has 52 valence electrons.